The fourth-order valence-corrected chi connectivity index (χ4v) is 4.36. The summed E-state index contributed by atoms with van der Waals surface area (Å²) in [6.45, 7) is 0.766. The van der Waals surface area contributed by atoms with E-state index >= 15 is 0 Å². The van der Waals surface area contributed by atoms with Gasteiger partial charge in [-0.15, -0.1) is 0 Å². The molecule has 1 saturated heterocycles. The summed E-state index contributed by atoms with van der Waals surface area (Å²) in [7, 11) is -2.52. The lowest BCUT2D eigenvalue weighted by Crippen LogP contribution is -2.40. The molecule has 1 aliphatic rings. The van der Waals surface area contributed by atoms with E-state index in [1.54, 1.807) is 6.07 Å². The molecule has 1 aliphatic heterocycles. The molecule has 0 atom stereocenters. The van der Waals surface area contributed by atoms with E-state index in [2.05, 4.69) is 0 Å². The maximum Gasteiger partial charge on any atom is 0.338 e. The van der Waals surface area contributed by atoms with Crippen LogP contribution in [0.25, 0.3) is 0 Å². The van der Waals surface area contributed by atoms with Crippen molar-refractivity contribution >= 4 is 16.0 Å². The molecular weight excluding hydrogens is 389 g/mol. The van der Waals surface area contributed by atoms with Crippen molar-refractivity contribution in [2.45, 2.75) is 11.5 Å². The number of methoxy groups -OCH3 is 1. The fraction of sp³-hybridized carbons (Fsp3) is 0.316. The molecule has 7 nitrogen and oxygen atoms in total. The van der Waals surface area contributed by atoms with Crippen molar-refractivity contribution in [2.24, 2.45) is 0 Å². The number of ether oxygens (including phenoxy) is 3. The van der Waals surface area contributed by atoms with Crippen LogP contribution in [0, 0.1) is 5.82 Å². The molecule has 0 saturated carbocycles. The Morgan fingerprint density at radius 1 is 1.18 bits per heavy atom. The van der Waals surface area contributed by atoms with Crippen molar-refractivity contribution in [1.29, 1.82) is 0 Å². The van der Waals surface area contributed by atoms with Crippen LogP contribution in [-0.2, 0) is 26.1 Å². The molecule has 0 unspecified atom stereocenters. The number of sulfonamides is 1. The average molecular weight is 409 g/mol. The van der Waals surface area contributed by atoms with E-state index in [4.69, 9.17) is 14.2 Å². The second-order valence-electron chi connectivity index (χ2n) is 6.05. The van der Waals surface area contributed by atoms with Crippen LogP contribution in [0.1, 0.15) is 15.9 Å². The highest BCUT2D eigenvalue weighted by Crippen LogP contribution is 2.28. The Labute approximate surface area is 162 Å². The molecule has 1 heterocycles. The van der Waals surface area contributed by atoms with Gasteiger partial charge in [-0.2, -0.15) is 4.31 Å². The SMILES string of the molecule is COc1ccc(C(=O)OCc2ccccc2F)cc1S(=O)(=O)N1CCOCC1. The predicted octanol–water partition coefficient (Wildman–Crippen LogP) is 2.21. The van der Waals surface area contributed by atoms with Gasteiger partial charge in [0.15, 0.2) is 0 Å². The molecule has 0 N–H and O–H groups in total. The molecule has 0 radical (unpaired) electrons. The third kappa shape index (κ3) is 4.32. The number of morpholine rings is 1. The third-order valence-corrected chi connectivity index (χ3v) is 6.22. The van der Waals surface area contributed by atoms with Gasteiger partial charge in [0.05, 0.1) is 25.9 Å². The van der Waals surface area contributed by atoms with Gasteiger partial charge in [0.2, 0.25) is 10.0 Å². The van der Waals surface area contributed by atoms with Gasteiger partial charge < -0.3 is 14.2 Å². The zero-order valence-electron chi connectivity index (χ0n) is 15.3. The summed E-state index contributed by atoms with van der Waals surface area (Å²) in [5.41, 5.74) is 0.259. The van der Waals surface area contributed by atoms with E-state index < -0.39 is 21.8 Å². The average Bonchev–Trinajstić information content (AvgIpc) is 2.73. The van der Waals surface area contributed by atoms with Gasteiger partial charge in [-0.05, 0) is 24.3 Å². The van der Waals surface area contributed by atoms with Crippen LogP contribution in [0.2, 0.25) is 0 Å². The van der Waals surface area contributed by atoms with E-state index in [9.17, 15) is 17.6 Å². The van der Waals surface area contributed by atoms with Crippen LogP contribution in [0.5, 0.6) is 5.75 Å². The molecule has 0 spiro atoms. The minimum absolute atomic E-state index is 0.0315. The zero-order chi connectivity index (χ0) is 20.1. The lowest BCUT2D eigenvalue weighted by atomic mass is 10.2. The van der Waals surface area contributed by atoms with E-state index in [1.165, 1.54) is 47.8 Å². The molecule has 0 aromatic heterocycles. The Morgan fingerprint density at radius 2 is 1.89 bits per heavy atom. The molecule has 2 aromatic carbocycles. The van der Waals surface area contributed by atoms with Crippen molar-refractivity contribution in [3.8, 4) is 5.75 Å². The van der Waals surface area contributed by atoms with Crippen LogP contribution in [0.3, 0.4) is 0 Å². The number of hydrogen-bond acceptors (Lipinski definition) is 6. The molecule has 0 aliphatic carbocycles. The van der Waals surface area contributed by atoms with Crippen molar-refractivity contribution in [2.75, 3.05) is 33.4 Å². The number of hydrogen-bond donors (Lipinski definition) is 0. The van der Waals surface area contributed by atoms with Gasteiger partial charge in [0.1, 0.15) is 23.1 Å². The second kappa shape index (κ2) is 8.68. The van der Waals surface area contributed by atoms with E-state index in [0.29, 0.717) is 13.2 Å². The normalized spacial score (nSPS) is 15.2. The summed E-state index contributed by atoms with van der Waals surface area (Å²) in [6.07, 6.45) is 0. The highest BCUT2D eigenvalue weighted by molar-refractivity contribution is 7.89. The fourth-order valence-electron chi connectivity index (χ4n) is 2.77. The van der Waals surface area contributed by atoms with Crippen molar-refractivity contribution in [1.82, 2.24) is 4.31 Å². The molecule has 1 fully saturated rings. The largest absolute Gasteiger partial charge is 0.495 e. The standard InChI is InChI=1S/C19H20FNO6S/c1-25-17-7-6-14(19(22)27-13-15-4-2-3-5-16(15)20)12-18(17)28(23,24)21-8-10-26-11-9-21/h2-7,12H,8-11,13H2,1H3. The monoisotopic (exact) mass is 409 g/mol. The Morgan fingerprint density at radius 3 is 2.57 bits per heavy atom. The summed E-state index contributed by atoms with van der Waals surface area (Å²) in [6, 6.07) is 9.95. The first-order valence-corrected chi connectivity index (χ1v) is 10.0. The number of nitrogens with zero attached hydrogens (tertiary/aromatic N) is 1. The number of halogens is 1. The number of rotatable bonds is 6. The first kappa shape index (κ1) is 20.2. The quantitative estimate of drug-likeness (QED) is 0.681. The number of carbonyl (C=O) groups is 1. The number of esters is 1. The molecule has 150 valence electrons. The molecule has 0 amide bonds. The Balaban J connectivity index is 1.84. The van der Waals surface area contributed by atoms with Gasteiger partial charge in [0.25, 0.3) is 0 Å². The van der Waals surface area contributed by atoms with Gasteiger partial charge >= 0.3 is 5.97 Å². The summed E-state index contributed by atoms with van der Waals surface area (Å²) in [4.78, 5) is 12.2. The van der Waals surface area contributed by atoms with Gasteiger partial charge in [-0.3, -0.25) is 0 Å². The Hall–Kier alpha value is -2.49. The van der Waals surface area contributed by atoms with Crippen molar-refractivity contribution in [3.05, 3.63) is 59.4 Å². The van der Waals surface area contributed by atoms with Crippen LogP contribution in [0.4, 0.5) is 4.39 Å². The first-order chi connectivity index (χ1) is 13.4. The highest BCUT2D eigenvalue weighted by atomic mass is 32.2. The van der Waals surface area contributed by atoms with Gasteiger partial charge in [-0.1, -0.05) is 18.2 Å². The second-order valence-corrected chi connectivity index (χ2v) is 7.96. The van der Waals surface area contributed by atoms with Crippen LogP contribution in [-0.4, -0.2) is 52.1 Å². The topological polar surface area (TPSA) is 82.1 Å². The van der Waals surface area contributed by atoms with Gasteiger partial charge in [0, 0.05) is 18.7 Å². The maximum absolute atomic E-state index is 13.7. The minimum atomic E-state index is -3.87. The molecule has 3 rings (SSSR count). The van der Waals surface area contributed by atoms with Gasteiger partial charge in [-0.25, -0.2) is 17.6 Å². The lowest BCUT2D eigenvalue weighted by Gasteiger charge is -2.26. The van der Waals surface area contributed by atoms with E-state index in [-0.39, 0.29) is 41.5 Å². The van der Waals surface area contributed by atoms with E-state index in [0.717, 1.165) is 0 Å². The lowest BCUT2D eigenvalue weighted by molar-refractivity contribution is 0.0468. The summed E-state index contributed by atoms with van der Waals surface area (Å²) in [5, 5.41) is 0. The highest BCUT2D eigenvalue weighted by Gasteiger charge is 2.30. The van der Waals surface area contributed by atoms with Crippen LogP contribution in [0.15, 0.2) is 47.4 Å². The zero-order valence-corrected chi connectivity index (χ0v) is 16.1. The molecule has 2 aromatic rings. The van der Waals surface area contributed by atoms with Crippen molar-refractivity contribution in [3.63, 3.8) is 0 Å². The van der Waals surface area contributed by atoms with E-state index in [1.807, 2.05) is 0 Å². The smallest absolute Gasteiger partial charge is 0.338 e. The predicted molar refractivity (Wildman–Crippen MR) is 98.1 cm³/mol. The van der Waals surface area contributed by atoms with Crippen molar-refractivity contribution < 1.29 is 31.8 Å². The molecular formula is C19H20FNO6S. The summed E-state index contributed by atoms with van der Waals surface area (Å²) in [5.74, 6) is -1.12. The summed E-state index contributed by atoms with van der Waals surface area (Å²) < 4.78 is 56.3. The molecule has 0 bridgehead atoms. The first-order valence-electron chi connectivity index (χ1n) is 8.60. The number of carbonyl (C=O) groups excluding carboxylic acids is 1. The maximum atomic E-state index is 13.7. The van der Waals surface area contributed by atoms with Crippen LogP contribution < -0.4 is 4.74 Å². The molecule has 9 heteroatoms. The summed E-state index contributed by atoms with van der Waals surface area (Å²) >= 11 is 0. The number of benzene rings is 2. The Kier molecular flexibility index (Phi) is 6.28. The van der Waals surface area contributed by atoms with Crippen LogP contribution >= 0.6 is 0 Å². The Bertz CT molecular complexity index is 957. The minimum Gasteiger partial charge on any atom is -0.495 e. The molecule has 28 heavy (non-hydrogen) atoms. The third-order valence-electron chi connectivity index (χ3n) is 4.30.